The van der Waals surface area contributed by atoms with Gasteiger partial charge < -0.3 is 5.11 Å². The number of hydrogen-bond acceptors (Lipinski definition) is 4. The molecule has 88 valence electrons. The van der Waals surface area contributed by atoms with Gasteiger partial charge in [0.2, 0.25) is 10.0 Å². The number of rotatable bonds is 6. The van der Waals surface area contributed by atoms with Crippen molar-refractivity contribution in [2.45, 2.75) is 38.5 Å². The lowest BCUT2D eigenvalue weighted by atomic mass is 10.1. The van der Waals surface area contributed by atoms with Crippen LogP contribution in [0.4, 0.5) is 0 Å². The number of aliphatic hydroxyl groups excluding tert-OH is 1. The monoisotopic (exact) mass is 234 g/mol. The maximum Gasteiger partial charge on any atom is 0.228 e. The summed E-state index contributed by atoms with van der Waals surface area (Å²) in [6.45, 7) is 4.97. The second-order valence-electron chi connectivity index (χ2n) is 3.72. The molecule has 15 heavy (non-hydrogen) atoms. The maximum atomic E-state index is 11.6. The molecule has 2 unspecified atom stereocenters. The van der Waals surface area contributed by atoms with Crippen molar-refractivity contribution in [3.63, 3.8) is 0 Å². The summed E-state index contributed by atoms with van der Waals surface area (Å²) in [6.07, 6.45) is 0.238. The Morgan fingerprint density at radius 1 is 1.47 bits per heavy atom. The van der Waals surface area contributed by atoms with E-state index in [-0.39, 0.29) is 18.9 Å². The lowest BCUT2D eigenvalue weighted by Crippen LogP contribution is -2.44. The van der Waals surface area contributed by atoms with Crippen molar-refractivity contribution in [1.82, 2.24) is 4.72 Å². The van der Waals surface area contributed by atoms with Crippen molar-refractivity contribution in [3.05, 3.63) is 0 Å². The molecule has 0 aliphatic heterocycles. The van der Waals surface area contributed by atoms with Crippen molar-refractivity contribution in [2.75, 3.05) is 6.61 Å². The van der Waals surface area contributed by atoms with Gasteiger partial charge in [0.1, 0.15) is 0 Å². The van der Waals surface area contributed by atoms with Gasteiger partial charge in [-0.2, -0.15) is 5.26 Å². The molecule has 0 fully saturated rings. The number of nitriles is 1. The second kappa shape index (κ2) is 6.05. The van der Waals surface area contributed by atoms with Crippen LogP contribution in [-0.4, -0.2) is 31.4 Å². The van der Waals surface area contributed by atoms with E-state index < -0.39 is 21.3 Å². The van der Waals surface area contributed by atoms with Crippen LogP contribution in [-0.2, 0) is 10.0 Å². The Morgan fingerprint density at radius 2 is 2.00 bits per heavy atom. The van der Waals surface area contributed by atoms with Crippen molar-refractivity contribution >= 4 is 10.0 Å². The summed E-state index contributed by atoms with van der Waals surface area (Å²) in [5.41, 5.74) is 0. The third-order valence-electron chi connectivity index (χ3n) is 2.21. The fraction of sp³-hybridized carbons (Fsp3) is 0.889. The van der Waals surface area contributed by atoms with E-state index in [1.807, 2.05) is 0 Å². The lowest BCUT2D eigenvalue weighted by molar-refractivity contribution is 0.227. The number of sulfonamides is 1. The molecule has 2 N–H and O–H groups in total. The van der Waals surface area contributed by atoms with Gasteiger partial charge in [-0.25, -0.2) is 13.1 Å². The Balaban J connectivity index is 4.70. The van der Waals surface area contributed by atoms with Gasteiger partial charge in [-0.15, -0.1) is 0 Å². The zero-order valence-electron chi connectivity index (χ0n) is 9.27. The van der Waals surface area contributed by atoms with Crippen LogP contribution in [0.5, 0.6) is 0 Å². The fourth-order valence-electron chi connectivity index (χ4n) is 1.06. The normalized spacial score (nSPS) is 16.0. The molecule has 0 radical (unpaired) electrons. The highest BCUT2D eigenvalue weighted by molar-refractivity contribution is 7.90. The van der Waals surface area contributed by atoms with Crippen molar-refractivity contribution in [1.29, 1.82) is 5.26 Å². The minimum absolute atomic E-state index is 0.0130. The zero-order chi connectivity index (χ0) is 12.1. The third kappa shape index (κ3) is 4.16. The summed E-state index contributed by atoms with van der Waals surface area (Å²) in [6, 6.07) is 1.20. The Kier molecular flexibility index (Phi) is 5.80. The second-order valence-corrected chi connectivity index (χ2v) is 5.62. The zero-order valence-corrected chi connectivity index (χ0v) is 10.1. The first kappa shape index (κ1) is 14.4. The van der Waals surface area contributed by atoms with Gasteiger partial charge in [-0.05, 0) is 12.3 Å². The van der Waals surface area contributed by atoms with Crippen LogP contribution < -0.4 is 4.72 Å². The molecular formula is C9H18N2O3S. The van der Waals surface area contributed by atoms with E-state index in [1.54, 1.807) is 26.8 Å². The minimum Gasteiger partial charge on any atom is -0.395 e. The molecule has 0 spiro atoms. The van der Waals surface area contributed by atoms with Gasteiger partial charge in [0, 0.05) is 6.04 Å². The van der Waals surface area contributed by atoms with E-state index in [9.17, 15) is 8.42 Å². The summed E-state index contributed by atoms with van der Waals surface area (Å²) in [5.74, 6) is -0.0130. The van der Waals surface area contributed by atoms with Crippen LogP contribution in [0.2, 0.25) is 0 Å². The maximum absolute atomic E-state index is 11.6. The highest BCUT2D eigenvalue weighted by Gasteiger charge is 2.27. The van der Waals surface area contributed by atoms with E-state index in [0.717, 1.165) is 0 Å². The molecule has 0 aliphatic rings. The lowest BCUT2D eigenvalue weighted by Gasteiger charge is -2.21. The molecule has 0 aliphatic carbocycles. The first-order valence-corrected chi connectivity index (χ1v) is 6.45. The summed E-state index contributed by atoms with van der Waals surface area (Å²) in [5, 5.41) is 16.6. The average molecular weight is 234 g/mol. The summed E-state index contributed by atoms with van der Waals surface area (Å²) >= 11 is 0. The molecule has 0 aromatic carbocycles. The largest absolute Gasteiger partial charge is 0.395 e. The van der Waals surface area contributed by atoms with E-state index >= 15 is 0 Å². The average Bonchev–Trinajstić information content (AvgIpc) is 2.15. The van der Waals surface area contributed by atoms with Crippen LogP contribution in [0, 0.1) is 17.2 Å². The molecule has 0 bridgehead atoms. The Hall–Kier alpha value is -0.640. The number of aliphatic hydroxyl groups is 1. The number of nitrogens with one attached hydrogen (secondary N) is 1. The van der Waals surface area contributed by atoms with Crippen LogP contribution >= 0.6 is 0 Å². The molecule has 0 rings (SSSR count). The van der Waals surface area contributed by atoms with Crippen LogP contribution in [0.25, 0.3) is 0 Å². The minimum atomic E-state index is -3.65. The molecule has 0 amide bonds. The fourth-order valence-corrected chi connectivity index (χ4v) is 2.57. The van der Waals surface area contributed by atoms with Gasteiger partial charge in [0.05, 0.1) is 12.7 Å². The Bertz CT molecular complexity index is 319. The quantitative estimate of drug-likeness (QED) is 0.688. The Labute approximate surface area is 91.2 Å². The van der Waals surface area contributed by atoms with Gasteiger partial charge in [0.15, 0.2) is 5.25 Å². The molecule has 0 aromatic heterocycles. The molecule has 0 heterocycles. The van der Waals surface area contributed by atoms with E-state index in [2.05, 4.69) is 4.72 Å². The van der Waals surface area contributed by atoms with Crippen LogP contribution in [0.15, 0.2) is 0 Å². The highest BCUT2D eigenvalue weighted by Crippen LogP contribution is 2.08. The summed E-state index contributed by atoms with van der Waals surface area (Å²) in [4.78, 5) is 0. The molecule has 6 heteroatoms. The molecule has 2 atom stereocenters. The Morgan fingerprint density at radius 3 is 2.27 bits per heavy atom. The molecule has 0 saturated carbocycles. The summed E-state index contributed by atoms with van der Waals surface area (Å²) < 4.78 is 25.6. The van der Waals surface area contributed by atoms with Gasteiger partial charge in [-0.3, -0.25) is 0 Å². The van der Waals surface area contributed by atoms with Crippen molar-refractivity contribution in [2.24, 2.45) is 5.92 Å². The highest BCUT2D eigenvalue weighted by atomic mass is 32.2. The van der Waals surface area contributed by atoms with E-state index in [0.29, 0.717) is 0 Å². The van der Waals surface area contributed by atoms with E-state index in [1.165, 1.54) is 0 Å². The topological polar surface area (TPSA) is 90.2 Å². The first-order chi connectivity index (χ1) is 6.88. The van der Waals surface area contributed by atoms with Crippen LogP contribution in [0.3, 0.4) is 0 Å². The smallest absolute Gasteiger partial charge is 0.228 e. The van der Waals surface area contributed by atoms with E-state index in [4.69, 9.17) is 10.4 Å². The molecule has 0 aromatic rings. The SMILES string of the molecule is CCC(C#N)S(=O)(=O)NC(CO)C(C)C. The van der Waals surface area contributed by atoms with Crippen molar-refractivity contribution in [3.8, 4) is 6.07 Å². The molecular weight excluding hydrogens is 216 g/mol. The van der Waals surface area contributed by atoms with Gasteiger partial charge in [-0.1, -0.05) is 20.8 Å². The van der Waals surface area contributed by atoms with Crippen molar-refractivity contribution < 1.29 is 13.5 Å². The number of nitrogens with zero attached hydrogens (tertiary/aromatic N) is 1. The third-order valence-corrected chi connectivity index (χ3v) is 4.03. The molecule has 5 nitrogen and oxygen atoms in total. The number of hydrogen-bond donors (Lipinski definition) is 2. The first-order valence-electron chi connectivity index (χ1n) is 4.90. The standard InChI is InChI=1S/C9H18N2O3S/c1-4-8(5-10)15(13,14)11-9(6-12)7(2)3/h7-9,11-12H,4,6H2,1-3H3. The molecule has 0 saturated heterocycles. The predicted octanol–water partition coefficient (Wildman–Crippen LogP) is 0.225. The van der Waals surface area contributed by atoms with Crippen LogP contribution in [0.1, 0.15) is 27.2 Å². The predicted molar refractivity (Wildman–Crippen MR) is 57.5 cm³/mol. The van der Waals surface area contributed by atoms with Gasteiger partial charge in [0.25, 0.3) is 0 Å². The van der Waals surface area contributed by atoms with Gasteiger partial charge >= 0.3 is 0 Å². The summed E-state index contributed by atoms with van der Waals surface area (Å²) in [7, 11) is -3.65.